The van der Waals surface area contributed by atoms with Gasteiger partial charge in [0.1, 0.15) is 0 Å². The van der Waals surface area contributed by atoms with Gasteiger partial charge < -0.3 is 4.57 Å². The molecule has 1 aliphatic carbocycles. The molecule has 11 aromatic carbocycles. The average Bonchev–Trinajstić information content (AvgIpc) is 3.84. The highest BCUT2D eigenvalue weighted by Gasteiger charge is 2.31. The SMILES string of the molecule is c1ccc(-c2c3c(c(-c4ccccc4)c4ccccc24)-c2ccc(-c4ccc(-n5c6ccncc6c6cc7ccc8cccc9ccc(c7c89)c65)cc4)c4cccc-3c24)cc1. The van der Waals surface area contributed by atoms with Crippen molar-refractivity contribution >= 4 is 75.7 Å². The Morgan fingerprint density at radius 1 is 0.328 bits per heavy atom. The summed E-state index contributed by atoms with van der Waals surface area (Å²) in [7, 11) is 0. The molecule has 0 saturated carbocycles. The van der Waals surface area contributed by atoms with Gasteiger partial charge in [-0.25, -0.2) is 0 Å². The molecule has 0 unspecified atom stereocenters. The molecule has 0 spiro atoms. The minimum absolute atomic E-state index is 1.13. The Balaban J connectivity index is 0.993. The normalized spacial score (nSPS) is 12.3. The fourth-order valence-electron chi connectivity index (χ4n) is 11.1. The van der Waals surface area contributed by atoms with Crippen LogP contribution in [-0.4, -0.2) is 9.55 Å². The zero-order chi connectivity index (χ0) is 39.8. The first-order chi connectivity index (χ1) is 30.3. The Morgan fingerprint density at radius 2 is 0.934 bits per heavy atom. The first kappa shape index (κ1) is 32.8. The Morgan fingerprint density at radius 3 is 1.66 bits per heavy atom. The van der Waals surface area contributed by atoms with Gasteiger partial charge in [-0.15, -0.1) is 0 Å². The van der Waals surface area contributed by atoms with Gasteiger partial charge in [-0.1, -0.05) is 170 Å². The molecule has 0 aliphatic heterocycles. The molecule has 0 saturated heterocycles. The summed E-state index contributed by atoms with van der Waals surface area (Å²) in [6, 6.07) is 72.1. The van der Waals surface area contributed by atoms with E-state index in [2.05, 4.69) is 204 Å². The summed E-state index contributed by atoms with van der Waals surface area (Å²) in [5.41, 5.74) is 16.3. The maximum absolute atomic E-state index is 4.61. The van der Waals surface area contributed by atoms with Gasteiger partial charge in [-0.3, -0.25) is 4.98 Å². The Kier molecular flexibility index (Phi) is 6.59. The maximum Gasteiger partial charge on any atom is 0.0620 e. The summed E-state index contributed by atoms with van der Waals surface area (Å²) in [5.74, 6) is 0. The van der Waals surface area contributed by atoms with Gasteiger partial charge in [0.2, 0.25) is 0 Å². The number of nitrogens with zero attached hydrogens (tertiary/aromatic N) is 2. The summed E-state index contributed by atoms with van der Waals surface area (Å²) < 4.78 is 2.45. The molecule has 14 rings (SSSR count). The van der Waals surface area contributed by atoms with E-state index in [4.69, 9.17) is 0 Å². The molecule has 0 atom stereocenters. The zero-order valence-corrected chi connectivity index (χ0v) is 33.0. The third kappa shape index (κ3) is 4.43. The number of pyridine rings is 1. The van der Waals surface area contributed by atoms with Gasteiger partial charge in [0, 0.05) is 34.2 Å². The van der Waals surface area contributed by atoms with Crippen molar-refractivity contribution in [1.82, 2.24) is 9.55 Å². The third-order valence-corrected chi connectivity index (χ3v) is 13.5. The predicted octanol–water partition coefficient (Wildman–Crippen LogP) is 16.0. The first-order valence-electron chi connectivity index (χ1n) is 21.1. The van der Waals surface area contributed by atoms with Gasteiger partial charge in [0.05, 0.1) is 11.0 Å². The van der Waals surface area contributed by atoms with Crippen molar-refractivity contribution in [3.8, 4) is 61.3 Å². The molecule has 2 heterocycles. The van der Waals surface area contributed by atoms with Crippen LogP contribution in [0.4, 0.5) is 0 Å². The Labute approximate surface area is 351 Å². The summed E-state index contributed by atoms with van der Waals surface area (Å²) in [6.45, 7) is 0. The number of aromatic nitrogens is 2. The molecular weight excluding hydrogens is 737 g/mol. The van der Waals surface area contributed by atoms with Crippen LogP contribution in [0.15, 0.2) is 207 Å². The second kappa shape index (κ2) is 12.2. The van der Waals surface area contributed by atoms with E-state index >= 15 is 0 Å². The maximum atomic E-state index is 4.61. The molecule has 61 heavy (non-hydrogen) atoms. The molecule has 0 fully saturated rings. The summed E-state index contributed by atoms with van der Waals surface area (Å²) in [4.78, 5) is 4.61. The highest BCUT2D eigenvalue weighted by molar-refractivity contribution is 6.32. The fourth-order valence-corrected chi connectivity index (χ4v) is 11.1. The van der Waals surface area contributed by atoms with E-state index in [1.807, 2.05) is 12.4 Å². The number of benzene rings is 11. The van der Waals surface area contributed by atoms with Crippen LogP contribution >= 0.6 is 0 Å². The lowest BCUT2D eigenvalue weighted by atomic mass is 9.82. The standard InChI is InChI=1S/C59H34N2/c1-3-11-36(12-4-1)53-44-17-7-8-18-45(44)54(37-13-5-2-6-14-37)58-47-30-29-42(43-19-10-20-46(56(43)47)57(53)58)35-23-26-41(27-24-35)61-51-31-32-60-34-50(51)49-33-40-22-21-38-15-9-16-39-25-28-48(59(49)61)55(40)52(38)39/h1-34H. The number of hydrogen-bond acceptors (Lipinski definition) is 1. The fraction of sp³-hybridized carbons (Fsp3) is 0. The monoisotopic (exact) mass is 770 g/mol. The average molecular weight is 771 g/mol. The molecule has 280 valence electrons. The van der Waals surface area contributed by atoms with Crippen molar-refractivity contribution < 1.29 is 0 Å². The smallest absolute Gasteiger partial charge is 0.0620 e. The van der Waals surface area contributed by atoms with Crippen LogP contribution in [-0.2, 0) is 0 Å². The molecule has 2 heteroatoms. The van der Waals surface area contributed by atoms with E-state index in [-0.39, 0.29) is 0 Å². The molecular formula is C59H34N2. The number of hydrogen-bond donors (Lipinski definition) is 0. The van der Waals surface area contributed by atoms with Crippen molar-refractivity contribution in [3.05, 3.63) is 207 Å². The van der Waals surface area contributed by atoms with Crippen molar-refractivity contribution in [2.75, 3.05) is 0 Å². The van der Waals surface area contributed by atoms with Gasteiger partial charge >= 0.3 is 0 Å². The summed E-state index contributed by atoms with van der Waals surface area (Å²) in [6.07, 6.45) is 3.95. The largest absolute Gasteiger partial charge is 0.309 e. The molecule has 1 aliphatic rings. The molecule has 0 amide bonds. The van der Waals surface area contributed by atoms with E-state index in [1.54, 1.807) is 0 Å². The van der Waals surface area contributed by atoms with E-state index in [0.717, 1.165) is 16.6 Å². The molecule has 2 aromatic heterocycles. The summed E-state index contributed by atoms with van der Waals surface area (Å²) >= 11 is 0. The van der Waals surface area contributed by atoms with Crippen LogP contribution in [0.25, 0.3) is 137 Å². The highest BCUT2D eigenvalue weighted by Crippen LogP contribution is 2.58. The molecule has 0 N–H and O–H groups in total. The van der Waals surface area contributed by atoms with Crippen LogP contribution in [0.1, 0.15) is 0 Å². The second-order valence-corrected chi connectivity index (χ2v) is 16.6. The van der Waals surface area contributed by atoms with Gasteiger partial charge in [0.15, 0.2) is 0 Å². The van der Waals surface area contributed by atoms with Crippen LogP contribution in [0.2, 0.25) is 0 Å². The van der Waals surface area contributed by atoms with Crippen molar-refractivity contribution in [2.24, 2.45) is 0 Å². The van der Waals surface area contributed by atoms with Crippen LogP contribution < -0.4 is 0 Å². The quantitative estimate of drug-likeness (QED) is 0.163. The first-order valence-corrected chi connectivity index (χ1v) is 21.1. The Hall–Kier alpha value is -8.07. The molecule has 0 bridgehead atoms. The van der Waals surface area contributed by atoms with Gasteiger partial charge in [0.25, 0.3) is 0 Å². The lowest BCUT2D eigenvalue weighted by Gasteiger charge is -2.20. The van der Waals surface area contributed by atoms with Crippen LogP contribution in [0.5, 0.6) is 0 Å². The van der Waals surface area contributed by atoms with Crippen molar-refractivity contribution in [2.45, 2.75) is 0 Å². The lowest BCUT2D eigenvalue weighted by Crippen LogP contribution is -1.95. The number of fused-ring (bicyclic) bond motifs is 8. The predicted molar refractivity (Wildman–Crippen MR) is 258 cm³/mol. The third-order valence-electron chi connectivity index (χ3n) is 13.5. The van der Waals surface area contributed by atoms with E-state index in [0.29, 0.717) is 0 Å². The molecule has 2 nitrogen and oxygen atoms in total. The molecule has 0 radical (unpaired) electrons. The topological polar surface area (TPSA) is 17.8 Å². The number of rotatable bonds is 4. The Bertz CT molecular complexity index is 3840. The minimum Gasteiger partial charge on any atom is -0.309 e. The van der Waals surface area contributed by atoms with E-state index in [1.165, 1.54) is 120 Å². The van der Waals surface area contributed by atoms with Crippen molar-refractivity contribution in [3.63, 3.8) is 0 Å². The summed E-state index contributed by atoms with van der Waals surface area (Å²) in [5, 5.41) is 15.3. The minimum atomic E-state index is 1.13. The second-order valence-electron chi connectivity index (χ2n) is 16.6. The lowest BCUT2D eigenvalue weighted by molar-refractivity contribution is 1.18. The van der Waals surface area contributed by atoms with Gasteiger partial charge in [-0.2, -0.15) is 0 Å². The highest BCUT2D eigenvalue weighted by atomic mass is 15.0. The van der Waals surface area contributed by atoms with Crippen LogP contribution in [0.3, 0.4) is 0 Å². The van der Waals surface area contributed by atoms with E-state index < -0.39 is 0 Å². The van der Waals surface area contributed by atoms with E-state index in [9.17, 15) is 0 Å². The molecule has 13 aromatic rings. The van der Waals surface area contributed by atoms with Crippen molar-refractivity contribution in [1.29, 1.82) is 0 Å². The van der Waals surface area contributed by atoms with Gasteiger partial charge in [-0.05, 0) is 128 Å². The van der Waals surface area contributed by atoms with Crippen LogP contribution in [0, 0.1) is 0 Å². The zero-order valence-electron chi connectivity index (χ0n) is 33.0.